The van der Waals surface area contributed by atoms with Crippen molar-refractivity contribution in [3.05, 3.63) is 53.3 Å². The molecule has 0 bridgehead atoms. The van der Waals surface area contributed by atoms with Crippen molar-refractivity contribution in [3.8, 4) is 0 Å². The molecule has 1 aliphatic carbocycles. The molecule has 3 rings (SSSR count). The van der Waals surface area contributed by atoms with Gasteiger partial charge in [0, 0.05) is 17.6 Å². The van der Waals surface area contributed by atoms with Crippen LogP contribution in [0.25, 0.3) is 0 Å². The average molecular weight is 331 g/mol. The molecule has 6 nitrogen and oxygen atoms in total. The molecule has 1 unspecified atom stereocenters. The van der Waals surface area contributed by atoms with Gasteiger partial charge in [-0.2, -0.15) is 0 Å². The molecule has 1 aromatic carbocycles. The van der Waals surface area contributed by atoms with E-state index in [2.05, 4.69) is 17.2 Å². The normalized spacial score (nSPS) is 16.9. The Morgan fingerprint density at radius 2 is 2.13 bits per heavy atom. The van der Waals surface area contributed by atoms with Crippen LogP contribution in [0.4, 0.5) is 5.69 Å². The van der Waals surface area contributed by atoms with Gasteiger partial charge in [0.25, 0.3) is 5.91 Å². The largest absolute Gasteiger partial charge is 0.322 e. The van der Waals surface area contributed by atoms with E-state index in [1.807, 2.05) is 6.07 Å². The molecule has 7 heteroatoms. The van der Waals surface area contributed by atoms with Gasteiger partial charge in [0.15, 0.2) is 0 Å². The van der Waals surface area contributed by atoms with Crippen LogP contribution < -0.4 is 10.5 Å². The first kappa shape index (κ1) is 15.6. The third-order valence-electron chi connectivity index (χ3n) is 4.00. The van der Waals surface area contributed by atoms with Gasteiger partial charge in [0.05, 0.1) is 10.5 Å². The van der Waals surface area contributed by atoms with Gasteiger partial charge in [-0.05, 0) is 48.6 Å². The molecule has 0 radical (unpaired) electrons. The van der Waals surface area contributed by atoms with E-state index in [0.29, 0.717) is 17.2 Å². The summed E-state index contributed by atoms with van der Waals surface area (Å²) in [7, 11) is -3.80. The van der Waals surface area contributed by atoms with Crippen molar-refractivity contribution in [1.82, 2.24) is 4.98 Å². The predicted octanol–water partition coefficient (Wildman–Crippen LogP) is 2.03. The molecule has 23 heavy (non-hydrogen) atoms. The van der Waals surface area contributed by atoms with Crippen LogP contribution in [-0.2, 0) is 16.4 Å². The zero-order valence-corrected chi connectivity index (χ0v) is 13.4. The van der Waals surface area contributed by atoms with Gasteiger partial charge in [-0.25, -0.2) is 13.6 Å². The van der Waals surface area contributed by atoms with Crippen LogP contribution in [-0.4, -0.2) is 19.3 Å². The maximum Gasteiger partial charge on any atom is 0.257 e. The number of carbonyl (C=O) groups is 1. The highest BCUT2D eigenvalue weighted by molar-refractivity contribution is 7.89. The van der Waals surface area contributed by atoms with Crippen LogP contribution in [0, 0.1) is 0 Å². The van der Waals surface area contributed by atoms with Crippen LogP contribution in [0.3, 0.4) is 0 Å². The number of carbonyl (C=O) groups excluding carboxylic acids is 1. The number of amides is 1. The maximum atomic E-state index is 12.3. The maximum absolute atomic E-state index is 12.3. The molecule has 1 aromatic heterocycles. The topological polar surface area (TPSA) is 102 Å². The molecular formula is C16H17N3O3S. The van der Waals surface area contributed by atoms with E-state index in [1.165, 1.54) is 18.2 Å². The lowest BCUT2D eigenvalue weighted by Crippen LogP contribution is -2.15. The van der Waals surface area contributed by atoms with E-state index in [9.17, 15) is 13.2 Å². The molecule has 0 spiro atoms. The number of rotatable bonds is 3. The van der Waals surface area contributed by atoms with Gasteiger partial charge in [-0.3, -0.25) is 9.78 Å². The van der Waals surface area contributed by atoms with Crippen LogP contribution >= 0.6 is 0 Å². The zero-order valence-electron chi connectivity index (χ0n) is 12.6. The fraction of sp³-hybridized carbons (Fsp3) is 0.250. The minimum Gasteiger partial charge on any atom is -0.322 e. The first-order valence-corrected chi connectivity index (χ1v) is 8.82. The standard InChI is InChI=1S/C16H17N3O3S/c1-10-5-6-11-7-12(9-18-15(10)11)16(20)19-13-3-2-4-14(8-13)23(17,21)22/h2-4,7-10H,5-6H2,1H3,(H,19,20)(H2,17,21,22). The number of nitrogens with zero attached hydrogens (tertiary/aromatic N) is 1. The Hall–Kier alpha value is -2.25. The number of benzene rings is 1. The molecule has 1 atom stereocenters. The predicted molar refractivity (Wildman–Crippen MR) is 86.7 cm³/mol. The third kappa shape index (κ3) is 3.25. The molecule has 2 aromatic rings. The molecule has 0 aliphatic heterocycles. The second-order valence-corrected chi connectivity index (χ2v) is 7.30. The first-order valence-electron chi connectivity index (χ1n) is 7.27. The summed E-state index contributed by atoms with van der Waals surface area (Å²) in [6.07, 6.45) is 3.52. The molecular weight excluding hydrogens is 314 g/mol. The monoisotopic (exact) mass is 331 g/mol. The molecule has 0 fully saturated rings. The van der Waals surface area contributed by atoms with Crippen molar-refractivity contribution in [2.75, 3.05) is 5.32 Å². The lowest BCUT2D eigenvalue weighted by atomic mass is 10.1. The molecule has 0 saturated carbocycles. The number of pyridine rings is 1. The Morgan fingerprint density at radius 1 is 1.35 bits per heavy atom. The highest BCUT2D eigenvalue weighted by atomic mass is 32.2. The van der Waals surface area contributed by atoms with Crippen molar-refractivity contribution in [1.29, 1.82) is 0 Å². The van der Waals surface area contributed by atoms with Gasteiger partial charge < -0.3 is 5.32 Å². The lowest BCUT2D eigenvalue weighted by Gasteiger charge is -2.08. The van der Waals surface area contributed by atoms with Crippen molar-refractivity contribution < 1.29 is 13.2 Å². The second-order valence-electron chi connectivity index (χ2n) is 5.74. The van der Waals surface area contributed by atoms with E-state index < -0.39 is 10.0 Å². The minimum absolute atomic E-state index is 0.0452. The van der Waals surface area contributed by atoms with Gasteiger partial charge in [0.1, 0.15) is 0 Å². The van der Waals surface area contributed by atoms with Gasteiger partial charge >= 0.3 is 0 Å². The molecule has 1 amide bonds. The van der Waals surface area contributed by atoms with Crippen molar-refractivity contribution in [2.24, 2.45) is 5.14 Å². The average Bonchev–Trinajstić information content (AvgIpc) is 2.87. The van der Waals surface area contributed by atoms with Gasteiger partial charge in [-0.1, -0.05) is 13.0 Å². The Kier molecular flexibility index (Phi) is 3.91. The highest BCUT2D eigenvalue weighted by Gasteiger charge is 2.21. The molecule has 0 saturated heterocycles. The summed E-state index contributed by atoms with van der Waals surface area (Å²) in [6, 6.07) is 7.69. The Balaban J connectivity index is 1.83. The van der Waals surface area contributed by atoms with Crippen molar-refractivity contribution in [3.63, 3.8) is 0 Å². The smallest absolute Gasteiger partial charge is 0.257 e. The summed E-state index contributed by atoms with van der Waals surface area (Å²) >= 11 is 0. The quantitative estimate of drug-likeness (QED) is 0.898. The highest BCUT2D eigenvalue weighted by Crippen LogP contribution is 2.31. The summed E-state index contributed by atoms with van der Waals surface area (Å²) in [5.74, 6) is 0.0972. The van der Waals surface area contributed by atoms with Crippen molar-refractivity contribution in [2.45, 2.75) is 30.6 Å². The fourth-order valence-corrected chi connectivity index (χ4v) is 3.31. The SMILES string of the molecule is CC1CCc2cc(C(=O)Nc3cccc(S(N)(=O)=O)c3)cnc21. The first-order chi connectivity index (χ1) is 10.8. The van der Waals surface area contributed by atoms with E-state index in [0.717, 1.165) is 24.1 Å². The number of aromatic nitrogens is 1. The van der Waals surface area contributed by atoms with Crippen LogP contribution in [0.2, 0.25) is 0 Å². The summed E-state index contributed by atoms with van der Waals surface area (Å²) in [4.78, 5) is 16.7. The summed E-state index contributed by atoms with van der Waals surface area (Å²) < 4.78 is 22.7. The summed E-state index contributed by atoms with van der Waals surface area (Å²) in [6.45, 7) is 2.12. The third-order valence-corrected chi connectivity index (χ3v) is 4.91. The van der Waals surface area contributed by atoms with Gasteiger partial charge in [-0.15, -0.1) is 0 Å². The number of hydrogen-bond donors (Lipinski definition) is 2. The Bertz CT molecular complexity index is 878. The Morgan fingerprint density at radius 3 is 2.87 bits per heavy atom. The number of nitrogens with one attached hydrogen (secondary N) is 1. The zero-order chi connectivity index (χ0) is 16.6. The molecule has 1 heterocycles. The van der Waals surface area contributed by atoms with E-state index >= 15 is 0 Å². The Labute approximate surface area is 134 Å². The molecule has 120 valence electrons. The van der Waals surface area contributed by atoms with Crippen molar-refractivity contribution >= 4 is 21.6 Å². The number of primary sulfonamides is 1. The van der Waals surface area contributed by atoms with E-state index in [1.54, 1.807) is 12.3 Å². The number of sulfonamides is 1. The lowest BCUT2D eigenvalue weighted by molar-refractivity contribution is 0.102. The van der Waals surface area contributed by atoms with Crippen LogP contribution in [0.1, 0.15) is 40.9 Å². The number of fused-ring (bicyclic) bond motifs is 1. The number of hydrogen-bond acceptors (Lipinski definition) is 4. The van der Waals surface area contributed by atoms with E-state index in [4.69, 9.17) is 5.14 Å². The fourth-order valence-electron chi connectivity index (χ4n) is 2.75. The minimum atomic E-state index is -3.80. The number of nitrogens with two attached hydrogens (primary N) is 1. The van der Waals surface area contributed by atoms with Crippen LogP contribution in [0.5, 0.6) is 0 Å². The molecule has 3 N–H and O–H groups in total. The molecule has 1 aliphatic rings. The summed E-state index contributed by atoms with van der Waals surface area (Å²) in [5.41, 5.74) is 2.98. The van der Waals surface area contributed by atoms with Crippen LogP contribution in [0.15, 0.2) is 41.4 Å². The van der Waals surface area contributed by atoms with Gasteiger partial charge in [0.2, 0.25) is 10.0 Å². The second kappa shape index (κ2) is 5.75. The summed E-state index contributed by atoms with van der Waals surface area (Å²) in [5, 5.41) is 7.77. The number of anilines is 1. The van der Waals surface area contributed by atoms with E-state index in [-0.39, 0.29) is 10.8 Å². The number of aryl methyl sites for hydroxylation is 1.